The summed E-state index contributed by atoms with van der Waals surface area (Å²) in [6.45, 7) is 4.63. The van der Waals surface area contributed by atoms with Gasteiger partial charge in [-0.05, 0) is 43.1 Å². The summed E-state index contributed by atoms with van der Waals surface area (Å²) in [5.74, 6) is 0.392. The molecule has 3 nitrogen and oxygen atoms in total. The molecule has 1 aliphatic carbocycles. The fraction of sp³-hybridized carbons (Fsp3) is 0.769. The van der Waals surface area contributed by atoms with E-state index in [0.717, 1.165) is 18.5 Å². The van der Waals surface area contributed by atoms with Crippen LogP contribution in [0.5, 0.6) is 0 Å². The Morgan fingerprint density at radius 2 is 2.06 bits per heavy atom. The molecule has 2 rings (SSSR count). The molecule has 1 N–H and O–H groups in total. The lowest BCUT2D eigenvalue weighted by Crippen LogP contribution is -2.25. The molecule has 0 amide bonds. The Hall–Kier alpha value is -0.830. The molecule has 16 heavy (non-hydrogen) atoms. The maximum atomic E-state index is 10.3. The second-order valence-electron chi connectivity index (χ2n) is 5.86. The van der Waals surface area contributed by atoms with Gasteiger partial charge in [0.25, 0.3) is 0 Å². The minimum absolute atomic E-state index is 0.378. The zero-order valence-corrected chi connectivity index (χ0v) is 10.5. The van der Waals surface area contributed by atoms with Crippen LogP contribution in [-0.2, 0) is 7.05 Å². The molecule has 1 heterocycles. The third-order valence-electron chi connectivity index (χ3n) is 3.87. The van der Waals surface area contributed by atoms with Crippen LogP contribution in [0.3, 0.4) is 0 Å². The molecular weight excluding hydrogens is 200 g/mol. The van der Waals surface area contributed by atoms with Crippen LogP contribution in [0.15, 0.2) is 12.3 Å². The molecule has 1 unspecified atom stereocenters. The Morgan fingerprint density at radius 3 is 2.56 bits per heavy atom. The molecule has 0 saturated heterocycles. The summed E-state index contributed by atoms with van der Waals surface area (Å²) < 4.78 is 1.76. The van der Waals surface area contributed by atoms with Gasteiger partial charge in [-0.15, -0.1) is 0 Å². The number of aryl methyl sites for hydroxylation is 1. The van der Waals surface area contributed by atoms with E-state index in [1.54, 1.807) is 4.68 Å². The Labute approximate surface area is 97.5 Å². The maximum absolute atomic E-state index is 10.3. The summed E-state index contributed by atoms with van der Waals surface area (Å²) in [4.78, 5) is 0. The molecule has 3 heteroatoms. The molecular formula is C13H22N2O. The second kappa shape index (κ2) is 4.21. The van der Waals surface area contributed by atoms with Crippen LogP contribution in [0.25, 0.3) is 0 Å². The maximum Gasteiger partial charge on any atom is 0.101 e. The normalized spacial score (nSPS) is 23.2. The zero-order valence-electron chi connectivity index (χ0n) is 10.5. The molecule has 1 atom stereocenters. The predicted molar refractivity (Wildman–Crippen MR) is 63.9 cm³/mol. The van der Waals surface area contributed by atoms with Crippen molar-refractivity contribution in [1.82, 2.24) is 9.78 Å². The molecule has 0 aliphatic heterocycles. The summed E-state index contributed by atoms with van der Waals surface area (Å²) in [6.07, 6.45) is 6.17. The molecule has 0 spiro atoms. The fourth-order valence-electron chi connectivity index (χ4n) is 2.57. The van der Waals surface area contributed by atoms with E-state index in [-0.39, 0.29) is 6.10 Å². The van der Waals surface area contributed by atoms with E-state index in [2.05, 4.69) is 18.9 Å². The number of hydrogen-bond acceptors (Lipinski definition) is 2. The highest BCUT2D eigenvalue weighted by atomic mass is 16.3. The largest absolute Gasteiger partial charge is 0.386 e. The summed E-state index contributed by atoms with van der Waals surface area (Å²) in [7, 11) is 1.89. The third-order valence-corrected chi connectivity index (χ3v) is 3.87. The topological polar surface area (TPSA) is 38.0 Å². The van der Waals surface area contributed by atoms with E-state index in [1.165, 1.54) is 12.8 Å². The lowest BCUT2D eigenvalue weighted by atomic mass is 9.71. The van der Waals surface area contributed by atoms with Crippen molar-refractivity contribution in [3.63, 3.8) is 0 Å². The van der Waals surface area contributed by atoms with Gasteiger partial charge in [0.05, 0.1) is 5.69 Å². The van der Waals surface area contributed by atoms with Crippen LogP contribution >= 0.6 is 0 Å². The quantitative estimate of drug-likeness (QED) is 0.835. The van der Waals surface area contributed by atoms with Crippen LogP contribution in [-0.4, -0.2) is 14.9 Å². The lowest BCUT2D eigenvalue weighted by Gasteiger charge is -2.35. The van der Waals surface area contributed by atoms with Gasteiger partial charge in [-0.25, -0.2) is 0 Å². The Morgan fingerprint density at radius 1 is 1.44 bits per heavy atom. The number of aliphatic hydroxyl groups is 1. The van der Waals surface area contributed by atoms with Gasteiger partial charge >= 0.3 is 0 Å². The molecule has 1 aromatic rings. The monoisotopic (exact) mass is 222 g/mol. The van der Waals surface area contributed by atoms with Crippen LogP contribution < -0.4 is 0 Å². The van der Waals surface area contributed by atoms with Crippen molar-refractivity contribution in [3.05, 3.63) is 18.0 Å². The minimum atomic E-state index is -0.378. The van der Waals surface area contributed by atoms with Crippen LogP contribution in [0.4, 0.5) is 0 Å². The Bertz CT molecular complexity index is 347. The average molecular weight is 222 g/mol. The fourth-order valence-corrected chi connectivity index (χ4v) is 2.57. The average Bonchev–Trinajstić information content (AvgIpc) is 2.64. The molecule has 1 aromatic heterocycles. The molecule has 1 aliphatic rings. The van der Waals surface area contributed by atoms with Crippen LogP contribution in [0.2, 0.25) is 0 Å². The Balaban J connectivity index is 1.99. The number of hydrogen-bond donors (Lipinski definition) is 1. The molecule has 0 bridgehead atoms. The Kier molecular flexibility index (Phi) is 3.06. The highest BCUT2D eigenvalue weighted by molar-refractivity contribution is 5.05. The molecule has 1 fully saturated rings. The van der Waals surface area contributed by atoms with Gasteiger partial charge in [0.15, 0.2) is 0 Å². The number of nitrogens with zero attached hydrogens (tertiary/aromatic N) is 2. The predicted octanol–water partition coefficient (Wildman–Crippen LogP) is 2.67. The van der Waals surface area contributed by atoms with Gasteiger partial charge < -0.3 is 5.11 Å². The number of aromatic nitrogens is 2. The van der Waals surface area contributed by atoms with Crippen molar-refractivity contribution in [1.29, 1.82) is 0 Å². The van der Waals surface area contributed by atoms with E-state index < -0.39 is 0 Å². The first kappa shape index (κ1) is 11.6. The van der Waals surface area contributed by atoms with Crippen LogP contribution in [0, 0.1) is 11.3 Å². The molecule has 0 radical (unpaired) electrons. The first-order chi connectivity index (χ1) is 7.48. The van der Waals surface area contributed by atoms with Crippen molar-refractivity contribution in [2.75, 3.05) is 0 Å². The van der Waals surface area contributed by atoms with Crippen molar-refractivity contribution < 1.29 is 5.11 Å². The minimum Gasteiger partial charge on any atom is -0.386 e. The standard InChI is InChI=1S/C13H22N2O/c1-13(2)7-4-10(5-8-13)12(16)11-6-9-15(3)14-11/h6,9-10,12,16H,4-5,7-8H2,1-3H3. The van der Waals surface area contributed by atoms with Gasteiger partial charge in [0.2, 0.25) is 0 Å². The van der Waals surface area contributed by atoms with Gasteiger partial charge in [-0.3, -0.25) is 4.68 Å². The van der Waals surface area contributed by atoms with Crippen molar-refractivity contribution in [2.45, 2.75) is 45.6 Å². The zero-order chi connectivity index (χ0) is 11.8. The van der Waals surface area contributed by atoms with Crippen molar-refractivity contribution in [3.8, 4) is 0 Å². The lowest BCUT2D eigenvalue weighted by molar-refractivity contribution is 0.0535. The first-order valence-corrected chi connectivity index (χ1v) is 6.15. The van der Waals surface area contributed by atoms with Gasteiger partial charge in [-0.1, -0.05) is 13.8 Å². The van der Waals surface area contributed by atoms with Crippen molar-refractivity contribution in [2.24, 2.45) is 18.4 Å². The van der Waals surface area contributed by atoms with E-state index >= 15 is 0 Å². The van der Waals surface area contributed by atoms with Crippen LogP contribution in [0.1, 0.15) is 51.3 Å². The number of aliphatic hydroxyl groups excluding tert-OH is 1. The molecule has 90 valence electrons. The smallest absolute Gasteiger partial charge is 0.101 e. The van der Waals surface area contributed by atoms with E-state index in [1.807, 2.05) is 19.3 Å². The highest BCUT2D eigenvalue weighted by Gasteiger charge is 2.31. The second-order valence-corrected chi connectivity index (χ2v) is 5.86. The summed E-state index contributed by atoms with van der Waals surface area (Å²) >= 11 is 0. The molecule has 1 saturated carbocycles. The number of rotatable bonds is 2. The van der Waals surface area contributed by atoms with Gasteiger partial charge in [-0.2, -0.15) is 5.10 Å². The molecule has 0 aromatic carbocycles. The van der Waals surface area contributed by atoms with E-state index in [0.29, 0.717) is 11.3 Å². The van der Waals surface area contributed by atoms with Crippen molar-refractivity contribution >= 4 is 0 Å². The summed E-state index contributed by atoms with van der Waals surface area (Å²) in [5.41, 5.74) is 1.28. The highest BCUT2D eigenvalue weighted by Crippen LogP contribution is 2.42. The SMILES string of the molecule is Cn1ccc(C(O)C2CCC(C)(C)CC2)n1. The van der Waals surface area contributed by atoms with E-state index in [4.69, 9.17) is 0 Å². The van der Waals surface area contributed by atoms with Gasteiger partial charge in [0.1, 0.15) is 6.10 Å². The van der Waals surface area contributed by atoms with Gasteiger partial charge in [0, 0.05) is 13.2 Å². The summed E-state index contributed by atoms with van der Waals surface area (Å²) in [6, 6.07) is 1.92. The summed E-state index contributed by atoms with van der Waals surface area (Å²) in [5, 5.41) is 14.5. The van der Waals surface area contributed by atoms with E-state index in [9.17, 15) is 5.11 Å². The third kappa shape index (κ3) is 2.46. The first-order valence-electron chi connectivity index (χ1n) is 6.15.